The van der Waals surface area contributed by atoms with Crippen LogP contribution in [0.4, 0.5) is 0 Å². The molecule has 19 heavy (non-hydrogen) atoms. The Balaban J connectivity index is 2.08. The van der Waals surface area contributed by atoms with Crippen LogP contribution in [0.15, 0.2) is 23.1 Å². The van der Waals surface area contributed by atoms with Crippen molar-refractivity contribution in [3.8, 4) is 11.4 Å². The number of pyridine rings is 1. The lowest BCUT2D eigenvalue weighted by Crippen LogP contribution is -2.18. The van der Waals surface area contributed by atoms with Crippen LogP contribution in [0.25, 0.3) is 11.4 Å². The molecule has 0 saturated heterocycles. The van der Waals surface area contributed by atoms with Crippen molar-refractivity contribution in [3.63, 3.8) is 0 Å². The molecule has 0 aromatic carbocycles. The summed E-state index contributed by atoms with van der Waals surface area (Å²) in [5.74, 6) is 0.637. The topological polar surface area (TPSA) is 58.6 Å². The van der Waals surface area contributed by atoms with Gasteiger partial charge in [-0.05, 0) is 44.7 Å². The number of hydrogen-bond donors (Lipinski definition) is 1. The number of nitrogens with zero attached hydrogens (tertiary/aromatic N) is 2. The molecule has 4 nitrogen and oxygen atoms in total. The van der Waals surface area contributed by atoms with E-state index < -0.39 is 0 Å². The van der Waals surface area contributed by atoms with E-state index in [4.69, 9.17) is 0 Å². The van der Waals surface area contributed by atoms with Crippen molar-refractivity contribution in [2.45, 2.75) is 39.0 Å². The zero-order valence-electron chi connectivity index (χ0n) is 11.1. The van der Waals surface area contributed by atoms with E-state index in [9.17, 15) is 4.79 Å². The Morgan fingerprint density at radius 1 is 1.16 bits per heavy atom. The second-order valence-electron chi connectivity index (χ2n) is 5.09. The Labute approximate surface area is 111 Å². The first kappa shape index (κ1) is 12.1. The minimum Gasteiger partial charge on any atom is -0.306 e. The predicted octanol–water partition coefficient (Wildman–Crippen LogP) is 2.41. The van der Waals surface area contributed by atoms with Crippen molar-refractivity contribution in [2.24, 2.45) is 0 Å². The number of H-pyrrole nitrogens is 1. The first-order valence-electron chi connectivity index (χ1n) is 6.79. The van der Waals surface area contributed by atoms with Crippen molar-refractivity contribution < 1.29 is 0 Å². The maximum atomic E-state index is 12.2. The fraction of sp³-hybridized carbons (Fsp3) is 0.400. The molecule has 3 rings (SSSR count). The molecule has 2 aromatic heterocycles. The lowest BCUT2D eigenvalue weighted by Gasteiger charge is -2.07. The molecule has 2 aromatic rings. The van der Waals surface area contributed by atoms with Gasteiger partial charge in [0.1, 0.15) is 5.82 Å². The molecule has 0 saturated carbocycles. The number of fused-ring (bicyclic) bond motifs is 1. The number of hydrogen-bond acceptors (Lipinski definition) is 3. The van der Waals surface area contributed by atoms with Crippen LogP contribution in [-0.2, 0) is 12.8 Å². The highest BCUT2D eigenvalue weighted by Gasteiger charge is 2.15. The van der Waals surface area contributed by atoms with Gasteiger partial charge in [0.25, 0.3) is 5.56 Å². The van der Waals surface area contributed by atoms with Crippen LogP contribution >= 0.6 is 0 Å². The molecule has 0 aliphatic heterocycles. The van der Waals surface area contributed by atoms with Crippen molar-refractivity contribution in [3.05, 3.63) is 45.6 Å². The molecule has 0 fully saturated rings. The highest BCUT2D eigenvalue weighted by atomic mass is 16.1. The number of rotatable bonds is 1. The van der Waals surface area contributed by atoms with E-state index in [0.717, 1.165) is 48.2 Å². The van der Waals surface area contributed by atoms with Gasteiger partial charge in [-0.15, -0.1) is 0 Å². The zero-order chi connectivity index (χ0) is 13.2. The lowest BCUT2D eigenvalue weighted by molar-refractivity contribution is 0.708. The number of aromatic nitrogens is 3. The Morgan fingerprint density at radius 2 is 2.00 bits per heavy atom. The zero-order valence-corrected chi connectivity index (χ0v) is 11.1. The standard InChI is InChI=1S/C15H17N3O/c1-10-7-8-11(9-16-10)14-17-13-6-4-2-3-5-12(13)15(19)18-14/h7-9H,2-6H2,1H3,(H,17,18,19). The van der Waals surface area contributed by atoms with Gasteiger partial charge >= 0.3 is 0 Å². The van der Waals surface area contributed by atoms with E-state index in [1.807, 2.05) is 19.1 Å². The van der Waals surface area contributed by atoms with Gasteiger partial charge in [-0.1, -0.05) is 6.42 Å². The minimum absolute atomic E-state index is 0.0162. The summed E-state index contributed by atoms with van der Waals surface area (Å²) in [5.41, 5.74) is 3.69. The van der Waals surface area contributed by atoms with E-state index in [1.165, 1.54) is 6.42 Å². The molecule has 0 atom stereocenters. The fourth-order valence-electron chi connectivity index (χ4n) is 2.52. The maximum Gasteiger partial charge on any atom is 0.254 e. The van der Waals surface area contributed by atoms with E-state index in [1.54, 1.807) is 6.20 Å². The average Bonchev–Trinajstić information content (AvgIpc) is 2.65. The Hall–Kier alpha value is -1.97. The van der Waals surface area contributed by atoms with Crippen LogP contribution in [0.3, 0.4) is 0 Å². The van der Waals surface area contributed by atoms with E-state index in [2.05, 4.69) is 15.0 Å². The number of aromatic amines is 1. The van der Waals surface area contributed by atoms with Gasteiger partial charge in [0, 0.05) is 23.0 Å². The van der Waals surface area contributed by atoms with Crippen LogP contribution < -0.4 is 5.56 Å². The first-order valence-corrected chi connectivity index (χ1v) is 6.79. The largest absolute Gasteiger partial charge is 0.306 e. The predicted molar refractivity (Wildman–Crippen MR) is 74.1 cm³/mol. The summed E-state index contributed by atoms with van der Waals surface area (Å²) in [5, 5.41) is 0. The summed E-state index contributed by atoms with van der Waals surface area (Å²) >= 11 is 0. The summed E-state index contributed by atoms with van der Waals surface area (Å²) in [6.45, 7) is 1.94. The fourth-order valence-corrected chi connectivity index (χ4v) is 2.52. The third-order valence-corrected chi connectivity index (χ3v) is 3.63. The molecule has 4 heteroatoms. The van der Waals surface area contributed by atoms with Crippen LogP contribution in [0.1, 0.15) is 36.2 Å². The second-order valence-corrected chi connectivity index (χ2v) is 5.09. The van der Waals surface area contributed by atoms with E-state index in [-0.39, 0.29) is 5.56 Å². The van der Waals surface area contributed by atoms with Gasteiger partial charge in [0.15, 0.2) is 0 Å². The van der Waals surface area contributed by atoms with Crippen LogP contribution in [0, 0.1) is 6.92 Å². The summed E-state index contributed by atoms with van der Waals surface area (Å²) in [6.07, 6.45) is 6.90. The van der Waals surface area contributed by atoms with Gasteiger partial charge in [0.05, 0.1) is 5.69 Å². The van der Waals surface area contributed by atoms with Crippen LogP contribution in [0.5, 0.6) is 0 Å². The number of nitrogens with one attached hydrogen (secondary N) is 1. The quantitative estimate of drug-likeness (QED) is 0.796. The van der Waals surface area contributed by atoms with Crippen LogP contribution in [-0.4, -0.2) is 15.0 Å². The second kappa shape index (κ2) is 4.96. The average molecular weight is 255 g/mol. The smallest absolute Gasteiger partial charge is 0.254 e. The molecule has 98 valence electrons. The van der Waals surface area contributed by atoms with Gasteiger partial charge in [-0.2, -0.15) is 0 Å². The summed E-state index contributed by atoms with van der Waals surface area (Å²) < 4.78 is 0. The summed E-state index contributed by atoms with van der Waals surface area (Å²) in [4.78, 5) is 23.9. The number of aryl methyl sites for hydroxylation is 2. The molecule has 2 heterocycles. The monoisotopic (exact) mass is 255 g/mol. The molecular formula is C15H17N3O. The highest BCUT2D eigenvalue weighted by Crippen LogP contribution is 2.19. The minimum atomic E-state index is 0.0162. The third-order valence-electron chi connectivity index (χ3n) is 3.63. The normalized spacial score (nSPS) is 14.8. The van der Waals surface area contributed by atoms with Gasteiger partial charge in [0.2, 0.25) is 0 Å². The molecule has 1 aliphatic carbocycles. The van der Waals surface area contributed by atoms with Crippen molar-refractivity contribution in [1.29, 1.82) is 0 Å². The highest BCUT2D eigenvalue weighted by molar-refractivity contribution is 5.53. The third kappa shape index (κ3) is 2.43. The molecule has 0 amide bonds. The van der Waals surface area contributed by atoms with Gasteiger partial charge in [-0.3, -0.25) is 9.78 Å². The molecule has 0 unspecified atom stereocenters. The Bertz CT molecular complexity index is 643. The molecule has 0 spiro atoms. The van der Waals surface area contributed by atoms with E-state index in [0.29, 0.717) is 5.82 Å². The van der Waals surface area contributed by atoms with E-state index >= 15 is 0 Å². The molecule has 0 bridgehead atoms. The van der Waals surface area contributed by atoms with Crippen LogP contribution in [0.2, 0.25) is 0 Å². The maximum absolute atomic E-state index is 12.2. The van der Waals surface area contributed by atoms with Crippen molar-refractivity contribution in [2.75, 3.05) is 0 Å². The Kier molecular flexibility index (Phi) is 3.15. The summed E-state index contributed by atoms with van der Waals surface area (Å²) in [6, 6.07) is 3.88. The SMILES string of the molecule is Cc1ccc(-c2nc3c(c(=O)[nH]2)CCCCC3)cn1. The van der Waals surface area contributed by atoms with Gasteiger partial charge < -0.3 is 4.98 Å². The molecule has 1 aliphatic rings. The molecule has 1 N–H and O–H groups in total. The molecule has 0 radical (unpaired) electrons. The molecular weight excluding hydrogens is 238 g/mol. The first-order chi connectivity index (χ1) is 9.24. The Morgan fingerprint density at radius 3 is 2.79 bits per heavy atom. The van der Waals surface area contributed by atoms with Crippen molar-refractivity contribution in [1.82, 2.24) is 15.0 Å². The van der Waals surface area contributed by atoms with Gasteiger partial charge in [-0.25, -0.2) is 4.98 Å². The van der Waals surface area contributed by atoms with Crippen molar-refractivity contribution >= 4 is 0 Å². The lowest BCUT2D eigenvalue weighted by atomic mass is 10.1. The summed E-state index contributed by atoms with van der Waals surface area (Å²) in [7, 11) is 0.